The van der Waals surface area contributed by atoms with Crippen LogP contribution < -0.4 is 4.74 Å². The Morgan fingerprint density at radius 2 is 1.50 bits per heavy atom. The first-order chi connectivity index (χ1) is 21.5. The molecule has 0 amide bonds. The summed E-state index contributed by atoms with van der Waals surface area (Å²) < 4.78 is 5.99. The van der Waals surface area contributed by atoms with E-state index in [2.05, 4.69) is 96.8 Å². The van der Waals surface area contributed by atoms with E-state index in [4.69, 9.17) is 9.72 Å². The van der Waals surface area contributed by atoms with Crippen molar-refractivity contribution in [3.8, 4) is 17.0 Å². The molecule has 44 heavy (non-hydrogen) atoms. The van der Waals surface area contributed by atoms with Gasteiger partial charge in [-0.05, 0) is 103 Å². The number of para-hydroxylation sites is 1. The van der Waals surface area contributed by atoms with Crippen LogP contribution in [0.2, 0.25) is 0 Å². The van der Waals surface area contributed by atoms with Crippen molar-refractivity contribution in [2.45, 2.75) is 30.8 Å². The van der Waals surface area contributed by atoms with Gasteiger partial charge in [0.25, 0.3) is 0 Å². The molecule has 0 radical (unpaired) electrons. The predicted octanol–water partition coefficient (Wildman–Crippen LogP) is 8.21. The lowest BCUT2D eigenvalue weighted by Crippen LogP contribution is -2.35. The molecule has 0 fully saturated rings. The van der Waals surface area contributed by atoms with E-state index in [0.29, 0.717) is 12.3 Å². The number of hydrogen-bond acceptors (Lipinski definition) is 5. The summed E-state index contributed by atoms with van der Waals surface area (Å²) in [5, 5.41) is 16.6. The molecule has 4 aromatic carbocycles. The summed E-state index contributed by atoms with van der Waals surface area (Å²) in [6.07, 6.45) is 6.02. The van der Waals surface area contributed by atoms with Crippen LogP contribution in [0.4, 0.5) is 0 Å². The van der Waals surface area contributed by atoms with Crippen LogP contribution in [0.5, 0.6) is 5.88 Å². The van der Waals surface area contributed by atoms with Crippen LogP contribution in [0.1, 0.15) is 41.9 Å². The van der Waals surface area contributed by atoms with Gasteiger partial charge in [-0.1, -0.05) is 78.9 Å². The summed E-state index contributed by atoms with van der Waals surface area (Å²) in [5.74, 6) is 0.0624. The van der Waals surface area contributed by atoms with Gasteiger partial charge in [0.2, 0.25) is 5.88 Å². The minimum Gasteiger partial charge on any atom is -0.481 e. The molecule has 2 atom stereocenters. The molecule has 5 nitrogen and oxygen atoms in total. The summed E-state index contributed by atoms with van der Waals surface area (Å²) in [6, 6.07) is 37.5. The van der Waals surface area contributed by atoms with Gasteiger partial charge in [-0.25, -0.2) is 4.98 Å². The number of nitrogens with zero attached hydrogens (tertiary/aromatic N) is 3. The highest BCUT2D eigenvalue weighted by atomic mass is 16.5. The fourth-order valence-corrected chi connectivity index (χ4v) is 6.38. The summed E-state index contributed by atoms with van der Waals surface area (Å²) in [7, 11) is 5.85. The smallest absolute Gasteiger partial charge is 0.217 e. The molecule has 6 aromatic rings. The third-order valence-electron chi connectivity index (χ3n) is 8.59. The molecule has 0 aliphatic rings. The highest BCUT2D eigenvalue weighted by molar-refractivity contribution is 5.84. The molecule has 0 spiro atoms. The van der Waals surface area contributed by atoms with Crippen LogP contribution in [0.25, 0.3) is 32.8 Å². The molecule has 0 saturated carbocycles. The Bertz CT molecular complexity index is 1870. The minimum absolute atomic E-state index is 0.461. The lowest BCUT2D eigenvalue weighted by molar-refractivity contribution is 0.00692. The van der Waals surface area contributed by atoms with Gasteiger partial charge in [-0.2, -0.15) is 0 Å². The van der Waals surface area contributed by atoms with Gasteiger partial charge in [0.15, 0.2) is 0 Å². The standard InChI is InChI=1S/C39H39N3O2/c1-42(2)24-9-8-21-39(43,34-18-17-28-11-4-5-12-31(28)26-34)37(33-15-10-14-30(25-33)29-19-22-40-23-20-29)35-27-32-13-6-7-16-36(32)41-38(35)44-3/h4-7,10-20,22-23,25-27,37,43H,8-9,21,24H2,1-3H3. The molecule has 5 heteroatoms. The first-order valence-electron chi connectivity index (χ1n) is 15.3. The van der Waals surface area contributed by atoms with Gasteiger partial charge in [0.1, 0.15) is 5.60 Å². The van der Waals surface area contributed by atoms with E-state index in [1.54, 1.807) is 7.11 Å². The van der Waals surface area contributed by atoms with Crippen molar-refractivity contribution in [1.82, 2.24) is 14.9 Å². The third-order valence-corrected chi connectivity index (χ3v) is 8.59. The number of aliphatic hydroxyl groups is 1. The van der Waals surface area contributed by atoms with Crippen molar-refractivity contribution < 1.29 is 9.84 Å². The minimum atomic E-state index is -1.26. The first kappa shape index (κ1) is 29.5. The zero-order valence-electron chi connectivity index (χ0n) is 25.6. The third kappa shape index (κ3) is 6.07. The largest absolute Gasteiger partial charge is 0.481 e. The van der Waals surface area contributed by atoms with Gasteiger partial charge in [-0.3, -0.25) is 4.98 Å². The molecule has 0 saturated heterocycles. The molecule has 6 rings (SSSR count). The number of benzene rings is 4. The second-order valence-corrected chi connectivity index (χ2v) is 11.8. The molecule has 2 heterocycles. The quantitative estimate of drug-likeness (QED) is 0.156. The normalized spacial score (nSPS) is 13.7. The molecular weight excluding hydrogens is 542 g/mol. The van der Waals surface area contributed by atoms with Gasteiger partial charge in [0, 0.05) is 29.3 Å². The van der Waals surface area contributed by atoms with E-state index < -0.39 is 11.5 Å². The number of rotatable bonds is 11. The maximum atomic E-state index is 13.3. The van der Waals surface area contributed by atoms with Gasteiger partial charge >= 0.3 is 0 Å². The van der Waals surface area contributed by atoms with E-state index in [1.165, 1.54) is 0 Å². The van der Waals surface area contributed by atoms with Gasteiger partial charge < -0.3 is 14.7 Å². The fraction of sp³-hybridized carbons (Fsp3) is 0.231. The first-order valence-corrected chi connectivity index (χ1v) is 15.3. The SMILES string of the molecule is COc1nc2ccccc2cc1C(c1cccc(-c2ccncc2)c1)C(O)(CCCCN(C)C)c1ccc2ccccc2c1. The molecule has 0 bridgehead atoms. The number of pyridine rings is 2. The van der Waals surface area contributed by atoms with Gasteiger partial charge in [0.05, 0.1) is 12.6 Å². The fourth-order valence-electron chi connectivity index (χ4n) is 6.38. The summed E-state index contributed by atoms with van der Waals surface area (Å²) >= 11 is 0. The number of hydrogen-bond donors (Lipinski definition) is 1. The summed E-state index contributed by atoms with van der Waals surface area (Å²) in [4.78, 5) is 11.4. The number of unbranched alkanes of at least 4 members (excludes halogenated alkanes) is 1. The highest BCUT2D eigenvalue weighted by Crippen LogP contribution is 2.49. The van der Waals surface area contributed by atoms with E-state index in [1.807, 2.05) is 48.8 Å². The molecule has 0 aliphatic carbocycles. The number of aromatic nitrogens is 2. The van der Waals surface area contributed by atoms with Crippen LogP contribution in [-0.4, -0.2) is 47.7 Å². The lowest BCUT2D eigenvalue weighted by Gasteiger charge is -2.39. The topological polar surface area (TPSA) is 58.5 Å². The van der Waals surface area contributed by atoms with Crippen molar-refractivity contribution in [2.24, 2.45) is 0 Å². The van der Waals surface area contributed by atoms with E-state index in [0.717, 1.165) is 68.9 Å². The molecular formula is C39H39N3O2. The molecule has 2 aromatic heterocycles. The van der Waals surface area contributed by atoms with E-state index >= 15 is 0 Å². The molecule has 222 valence electrons. The van der Waals surface area contributed by atoms with Crippen LogP contribution in [-0.2, 0) is 5.60 Å². The van der Waals surface area contributed by atoms with Crippen molar-refractivity contribution in [1.29, 1.82) is 0 Å². The molecule has 0 aliphatic heterocycles. The Morgan fingerprint density at radius 3 is 2.27 bits per heavy atom. The van der Waals surface area contributed by atoms with Crippen molar-refractivity contribution >= 4 is 21.7 Å². The zero-order valence-corrected chi connectivity index (χ0v) is 25.6. The Morgan fingerprint density at radius 1 is 0.750 bits per heavy atom. The highest BCUT2D eigenvalue weighted by Gasteiger charge is 2.42. The maximum Gasteiger partial charge on any atom is 0.217 e. The van der Waals surface area contributed by atoms with Crippen LogP contribution in [0.3, 0.4) is 0 Å². The average Bonchev–Trinajstić information content (AvgIpc) is 3.06. The number of methoxy groups -OCH3 is 1. The van der Waals surface area contributed by atoms with E-state index in [9.17, 15) is 5.11 Å². The van der Waals surface area contributed by atoms with E-state index in [-0.39, 0.29) is 0 Å². The number of fused-ring (bicyclic) bond motifs is 2. The second kappa shape index (κ2) is 13.0. The Hall–Kier alpha value is -4.58. The number of ether oxygens (including phenoxy) is 1. The zero-order chi connectivity index (χ0) is 30.5. The lowest BCUT2D eigenvalue weighted by atomic mass is 9.70. The van der Waals surface area contributed by atoms with Crippen LogP contribution in [0.15, 0.2) is 122 Å². The summed E-state index contributed by atoms with van der Waals surface area (Å²) in [5.41, 5.74) is 4.48. The van der Waals surface area contributed by atoms with Crippen molar-refractivity contribution in [3.05, 3.63) is 138 Å². The van der Waals surface area contributed by atoms with Crippen molar-refractivity contribution in [2.75, 3.05) is 27.7 Å². The predicted molar refractivity (Wildman–Crippen MR) is 180 cm³/mol. The van der Waals surface area contributed by atoms with Crippen LogP contribution >= 0.6 is 0 Å². The Labute approximate surface area is 259 Å². The maximum absolute atomic E-state index is 13.3. The monoisotopic (exact) mass is 581 g/mol. The second-order valence-electron chi connectivity index (χ2n) is 11.8. The average molecular weight is 582 g/mol. The molecule has 1 N–H and O–H groups in total. The Balaban J connectivity index is 1.60. The summed E-state index contributed by atoms with van der Waals surface area (Å²) in [6.45, 7) is 0.955. The van der Waals surface area contributed by atoms with Crippen molar-refractivity contribution in [3.63, 3.8) is 0 Å². The molecule has 2 unspecified atom stereocenters. The van der Waals surface area contributed by atoms with Crippen LogP contribution in [0, 0.1) is 0 Å². The van der Waals surface area contributed by atoms with Gasteiger partial charge in [-0.15, -0.1) is 0 Å². The Kier molecular flexibility index (Phi) is 8.69.